The molecule has 10 aromatic rings. The third-order valence-electron chi connectivity index (χ3n) is 10.4. The molecule has 3 nitrogen and oxygen atoms in total. The summed E-state index contributed by atoms with van der Waals surface area (Å²) in [5, 5.41) is 7.55. The Morgan fingerprint density at radius 1 is 0.347 bits per heavy atom. The molecule has 0 radical (unpaired) electrons. The van der Waals surface area contributed by atoms with Crippen molar-refractivity contribution in [2.75, 3.05) is 0 Å². The minimum Gasteiger partial charge on any atom is -0.309 e. The highest BCUT2D eigenvalue weighted by Gasteiger charge is 2.19. The monoisotopic (exact) mass is 629 g/mol. The van der Waals surface area contributed by atoms with Crippen LogP contribution in [0.25, 0.3) is 82.2 Å². The van der Waals surface area contributed by atoms with E-state index < -0.39 is 0 Å². The molecule has 49 heavy (non-hydrogen) atoms. The van der Waals surface area contributed by atoms with Gasteiger partial charge >= 0.3 is 0 Å². The van der Waals surface area contributed by atoms with Crippen LogP contribution in [-0.4, -0.2) is 13.9 Å². The molecule has 0 atom stereocenters. The van der Waals surface area contributed by atoms with Gasteiger partial charge in [0.15, 0.2) is 0 Å². The zero-order valence-corrected chi connectivity index (χ0v) is 27.9. The first-order valence-electron chi connectivity index (χ1n) is 17.1. The zero-order valence-electron chi connectivity index (χ0n) is 27.9. The molecule has 0 aliphatic heterocycles. The fraction of sp³-hybridized carbons (Fsp3) is 0.0870. The fourth-order valence-corrected chi connectivity index (χ4v) is 8.01. The standard InChI is InChI=1S/C46H35N3/c1-46(2,3)32-22-24-33(25-23-32)47-40-16-8-4-14-36(40)38-28-30(20-26-41(38)47)31-21-27-45-39(29-31)37-15-7-11-19-44(37)49(45)48-42-17-9-5-12-34(42)35-13-6-10-18-43(35)48/h4-29H,1-3H3. The van der Waals surface area contributed by atoms with E-state index in [1.54, 1.807) is 0 Å². The number of hydrogen-bond donors (Lipinski definition) is 0. The number of fused-ring (bicyclic) bond motifs is 9. The predicted octanol–water partition coefficient (Wildman–Crippen LogP) is 12.3. The highest BCUT2D eigenvalue weighted by Crippen LogP contribution is 2.39. The van der Waals surface area contributed by atoms with Crippen molar-refractivity contribution in [1.82, 2.24) is 13.9 Å². The van der Waals surface area contributed by atoms with Crippen LogP contribution in [0.15, 0.2) is 158 Å². The first-order chi connectivity index (χ1) is 24.0. The van der Waals surface area contributed by atoms with Gasteiger partial charge in [-0.15, -0.1) is 0 Å². The summed E-state index contributed by atoms with van der Waals surface area (Å²) in [6.07, 6.45) is 0. The molecule has 3 heteroatoms. The van der Waals surface area contributed by atoms with E-state index >= 15 is 0 Å². The highest BCUT2D eigenvalue weighted by atomic mass is 15.5. The Hall–Kier alpha value is -6.06. The largest absolute Gasteiger partial charge is 0.309 e. The van der Waals surface area contributed by atoms with E-state index in [0.29, 0.717) is 0 Å². The van der Waals surface area contributed by atoms with Crippen molar-refractivity contribution >= 4 is 65.4 Å². The van der Waals surface area contributed by atoms with Crippen LogP contribution in [0.2, 0.25) is 0 Å². The summed E-state index contributed by atoms with van der Waals surface area (Å²) >= 11 is 0. The van der Waals surface area contributed by atoms with Crippen LogP contribution in [0.1, 0.15) is 26.3 Å². The minimum absolute atomic E-state index is 0.116. The smallest absolute Gasteiger partial charge is 0.0716 e. The van der Waals surface area contributed by atoms with Crippen molar-refractivity contribution in [3.8, 4) is 16.8 Å². The van der Waals surface area contributed by atoms with Crippen LogP contribution in [0.5, 0.6) is 0 Å². The molecule has 0 fully saturated rings. The number of benzene rings is 7. The molecule has 0 aliphatic carbocycles. The lowest BCUT2D eigenvalue weighted by Crippen LogP contribution is -2.10. The predicted molar refractivity (Wildman–Crippen MR) is 208 cm³/mol. The van der Waals surface area contributed by atoms with Gasteiger partial charge in [-0.25, -0.2) is 9.35 Å². The van der Waals surface area contributed by atoms with Gasteiger partial charge in [0.25, 0.3) is 0 Å². The average molecular weight is 630 g/mol. The molecule has 0 bridgehead atoms. The Morgan fingerprint density at radius 3 is 1.22 bits per heavy atom. The van der Waals surface area contributed by atoms with Crippen molar-refractivity contribution in [2.24, 2.45) is 0 Å². The summed E-state index contributed by atoms with van der Waals surface area (Å²) in [6, 6.07) is 58.1. The number of rotatable bonds is 3. The van der Waals surface area contributed by atoms with Gasteiger partial charge in [-0.3, -0.25) is 0 Å². The summed E-state index contributed by atoms with van der Waals surface area (Å²) in [4.78, 5) is 0. The second-order valence-corrected chi connectivity index (χ2v) is 14.3. The molecule has 0 N–H and O–H groups in total. The lowest BCUT2D eigenvalue weighted by Gasteiger charge is -2.19. The summed E-state index contributed by atoms with van der Waals surface area (Å²) < 4.78 is 7.20. The van der Waals surface area contributed by atoms with Gasteiger partial charge in [0.1, 0.15) is 0 Å². The van der Waals surface area contributed by atoms with Gasteiger partial charge in [0.2, 0.25) is 0 Å². The van der Waals surface area contributed by atoms with E-state index in [1.165, 1.54) is 87.8 Å². The SMILES string of the molecule is CC(C)(C)c1ccc(-n2c3ccccc3c3cc(-c4ccc5c(c4)c4ccccc4n5-n4c5ccccc5c5ccccc54)ccc32)cc1. The van der Waals surface area contributed by atoms with Gasteiger partial charge in [-0.2, -0.15) is 0 Å². The molecule has 234 valence electrons. The van der Waals surface area contributed by atoms with E-state index in [9.17, 15) is 0 Å². The van der Waals surface area contributed by atoms with Gasteiger partial charge < -0.3 is 4.57 Å². The second-order valence-electron chi connectivity index (χ2n) is 14.3. The lowest BCUT2D eigenvalue weighted by molar-refractivity contribution is 0.590. The Bertz CT molecular complexity index is 2850. The third-order valence-corrected chi connectivity index (χ3v) is 10.4. The van der Waals surface area contributed by atoms with Gasteiger partial charge in [0, 0.05) is 38.0 Å². The van der Waals surface area contributed by atoms with Crippen LogP contribution in [0, 0.1) is 0 Å². The maximum absolute atomic E-state index is 2.41. The summed E-state index contributed by atoms with van der Waals surface area (Å²) in [5.74, 6) is 0. The molecule has 0 spiro atoms. The van der Waals surface area contributed by atoms with Crippen molar-refractivity contribution < 1.29 is 0 Å². The number of para-hydroxylation sites is 4. The first kappa shape index (κ1) is 28.0. The molecule has 3 heterocycles. The Kier molecular flexibility index (Phi) is 5.84. The van der Waals surface area contributed by atoms with Crippen molar-refractivity contribution in [3.63, 3.8) is 0 Å². The van der Waals surface area contributed by atoms with Crippen LogP contribution in [0.3, 0.4) is 0 Å². The van der Waals surface area contributed by atoms with Gasteiger partial charge in [-0.1, -0.05) is 118 Å². The van der Waals surface area contributed by atoms with Crippen LogP contribution < -0.4 is 0 Å². The van der Waals surface area contributed by atoms with E-state index in [-0.39, 0.29) is 5.41 Å². The van der Waals surface area contributed by atoms with E-state index in [2.05, 4.69) is 192 Å². The van der Waals surface area contributed by atoms with E-state index in [1.807, 2.05) is 0 Å². The molecule has 7 aromatic carbocycles. The van der Waals surface area contributed by atoms with Crippen molar-refractivity contribution in [2.45, 2.75) is 26.2 Å². The Labute approximate surface area is 284 Å². The Morgan fingerprint density at radius 2 is 0.714 bits per heavy atom. The van der Waals surface area contributed by atoms with Gasteiger partial charge in [-0.05, 0) is 82.8 Å². The maximum Gasteiger partial charge on any atom is 0.0716 e. The molecule has 0 saturated carbocycles. The van der Waals surface area contributed by atoms with E-state index in [0.717, 1.165) is 0 Å². The molecule has 10 rings (SSSR count). The number of hydrogen-bond acceptors (Lipinski definition) is 0. The summed E-state index contributed by atoms with van der Waals surface area (Å²) in [7, 11) is 0. The normalized spacial score (nSPS) is 12.4. The molecular weight excluding hydrogens is 595 g/mol. The Balaban J connectivity index is 1.18. The molecule has 0 aliphatic rings. The van der Waals surface area contributed by atoms with Crippen LogP contribution >= 0.6 is 0 Å². The molecular formula is C46H35N3. The highest BCUT2D eigenvalue weighted by molar-refractivity contribution is 6.13. The quantitative estimate of drug-likeness (QED) is 0.185. The van der Waals surface area contributed by atoms with Crippen molar-refractivity contribution in [3.05, 3.63) is 163 Å². The minimum atomic E-state index is 0.116. The maximum atomic E-state index is 2.41. The number of aromatic nitrogens is 3. The molecule has 0 amide bonds. The third kappa shape index (κ3) is 4.09. The average Bonchev–Trinajstić information content (AvgIpc) is 3.76. The zero-order chi connectivity index (χ0) is 32.9. The van der Waals surface area contributed by atoms with E-state index in [4.69, 9.17) is 0 Å². The van der Waals surface area contributed by atoms with Crippen molar-refractivity contribution in [1.29, 1.82) is 0 Å². The first-order valence-corrected chi connectivity index (χ1v) is 17.1. The topological polar surface area (TPSA) is 14.8 Å². The summed E-state index contributed by atoms with van der Waals surface area (Å²) in [6.45, 7) is 6.80. The molecule has 3 aromatic heterocycles. The fourth-order valence-electron chi connectivity index (χ4n) is 8.01. The van der Waals surface area contributed by atoms with Gasteiger partial charge in [0.05, 0.1) is 33.1 Å². The molecule has 0 saturated heterocycles. The molecule has 0 unspecified atom stereocenters. The van der Waals surface area contributed by atoms with Crippen LogP contribution in [0.4, 0.5) is 0 Å². The lowest BCUT2D eigenvalue weighted by atomic mass is 9.87. The second kappa shape index (κ2) is 10.2. The summed E-state index contributed by atoms with van der Waals surface area (Å²) in [5.41, 5.74) is 12.3. The van der Waals surface area contributed by atoms with Crippen LogP contribution in [-0.2, 0) is 5.41 Å². The number of nitrogens with zero attached hydrogens (tertiary/aromatic N) is 3.